The molecule has 0 aliphatic carbocycles. The van der Waals surface area contributed by atoms with Crippen molar-refractivity contribution in [2.24, 2.45) is 0 Å². The molecule has 0 spiro atoms. The first-order valence-electron chi connectivity index (χ1n) is 5.95. The maximum atomic E-state index is 4.68. The van der Waals surface area contributed by atoms with Gasteiger partial charge in [0.15, 0.2) is 0 Å². The summed E-state index contributed by atoms with van der Waals surface area (Å²) < 4.78 is 0. The normalized spacial score (nSPS) is 10.7. The van der Waals surface area contributed by atoms with Crippen molar-refractivity contribution in [3.63, 3.8) is 0 Å². The van der Waals surface area contributed by atoms with E-state index in [4.69, 9.17) is 0 Å². The number of nitrogens with zero attached hydrogens (tertiary/aromatic N) is 1. The molecule has 0 radical (unpaired) electrons. The predicted molar refractivity (Wildman–Crippen MR) is 74.5 cm³/mol. The van der Waals surface area contributed by atoms with E-state index in [9.17, 15) is 0 Å². The fourth-order valence-electron chi connectivity index (χ4n) is 1.78. The lowest BCUT2D eigenvalue weighted by atomic mass is 10.1. The molecule has 0 bridgehead atoms. The zero-order chi connectivity index (χ0) is 12.1. The van der Waals surface area contributed by atoms with Crippen molar-refractivity contribution in [3.05, 3.63) is 40.9 Å². The van der Waals surface area contributed by atoms with E-state index in [1.54, 1.807) is 11.3 Å². The molecule has 0 saturated heterocycles. The summed E-state index contributed by atoms with van der Waals surface area (Å²) in [4.78, 5) is 4.68. The molecular weight excluding hydrogens is 228 g/mol. The highest BCUT2D eigenvalue weighted by molar-refractivity contribution is 7.13. The highest BCUT2D eigenvalue weighted by Crippen LogP contribution is 2.24. The van der Waals surface area contributed by atoms with Crippen molar-refractivity contribution in [2.45, 2.75) is 19.8 Å². The van der Waals surface area contributed by atoms with Gasteiger partial charge in [0.25, 0.3) is 0 Å². The Balaban J connectivity index is 2.07. The lowest BCUT2D eigenvalue weighted by molar-refractivity contribution is 0.718. The summed E-state index contributed by atoms with van der Waals surface area (Å²) in [5, 5.41) is 6.47. The maximum absolute atomic E-state index is 4.68. The molecule has 0 fully saturated rings. The highest BCUT2D eigenvalue weighted by Gasteiger charge is 2.04. The Morgan fingerprint density at radius 3 is 3.00 bits per heavy atom. The van der Waals surface area contributed by atoms with Gasteiger partial charge in [-0.2, -0.15) is 0 Å². The van der Waals surface area contributed by atoms with Crippen molar-refractivity contribution in [2.75, 3.05) is 13.6 Å². The Morgan fingerprint density at radius 2 is 2.24 bits per heavy atom. The second kappa shape index (κ2) is 5.94. The molecule has 90 valence electrons. The average Bonchev–Trinajstić information content (AvgIpc) is 2.78. The van der Waals surface area contributed by atoms with Crippen molar-refractivity contribution >= 4 is 11.3 Å². The molecule has 3 heteroatoms. The Labute approximate surface area is 107 Å². The number of aromatic nitrogens is 1. The van der Waals surface area contributed by atoms with Gasteiger partial charge < -0.3 is 5.32 Å². The van der Waals surface area contributed by atoms with E-state index in [-0.39, 0.29) is 0 Å². The van der Waals surface area contributed by atoms with Gasteiger partial charge in [-0.05, 0) is 39.4 Å². The van der Waals surface area contributed by atoms with Crippen LogP contribution in [0.15, 0.2) is 29.6 Å². The zero-order valence-electron chi connectivity index (χ0n) is 10.4. The first-order valence-corrected chi connectivity index (χ1v) is 6.83. The molecular formula is C14H18N2S. The van der Waals surface area contributed by atoms with Gasteiger partial charge >= 0.3 is 0 Å². The number of nitrogens with one attached hydrogen (secondary N) is 1. The van der Waals surface area contributed by atoms with Gasteiger partial charge in [0.1, 0.15) is 5.01 Å². The minimum absolute atomic E-state index is 1.05. The van der Waals surface area contributed by atoms with Crippen LogP contribution in [0.5, 0.6) is 0 Å². The summed E-state index contributed by atoms with van der Waals surface area (Å²) in [5.41, 5.74) is 3.73. The van der Waals surface area contributed by atoms with Crippen LogP contribution in [0, 0.1) is 6.92 Å². The predicted octanol–water partition coefficient (Wildman–Crippen LogP) is 3.27. The Morgan fingerprint density at radius 1 is 1.35 bits per heavy atom. The van der Waals surface area contributed by atoms with E-state index in [0.29, 0.717) is 0 Å². The summed E-state index contributed by atoms with van der Waals surface area (Å²) in [6, 6.07) is 8.52. The molecule has 2 rings (SSSR count). The van der Waals surface area contributed by atoms with Gasteiger partial charge in [-0.15, -0.1) is 11.3 Å². The largest absolute Gasteiger partial charge is 0.320 e. The highest BCUT2D eigenvalue weighted by atomic mass is 32.1. The molecule has 0 amide bonds. The summed E-state index contributed by atoms with van der Waals surface area (Å²) in [6.45, 7) is 3.17. The molecule has 1 heterocycles. The molecule has 1 aromatic heterocycles. The van der Waals surface area contributed by atoms with Gasteiger partial charge in [-0.1, -0.05) is 23.8 Å². The van der Waals surface area contributed by atoms with Crippen molar-refractivity contribution in [1.82, 2.24) is 10.3 Å². The first kappa shape index (κ1) is 12.3. The SMILES string of the molecule is CNCCCc1csc(-c2cccc(C)c2)n1. The minimum Gasteiger partial charge on any atom is -0.320 e. The molecule has 0 unspecified atom stereocenters. The molecule has 0 atom stereocenters. The molecule has 2 nitrogen and oxygen atoms in total. The molecule has 0 saturated carbocycles. The summed E-state index contributed by atoms with van der Waals surface area (Å²) in [6.07, 6.45) is 2.21. The van der Waals surface area contributed by atoms with Gasteiger partial charge in [-0.25, -0.2) is 4.98 Å². The number of hydrogen-bond acceptors (Lipinski definition) is 3. The number of aryl methyl sites for hydroxylation is 2. The van der Waals surface area contributed by atoms with Gasteiger partial charge in [0.05, 0.1) is 5.69 Å². The van der Waals surface area contributed by atoms with Crippen LogP contribution in [0.25, 0.3) is 10.6 Å². The van der Waals surface area contributed by atoms with Crippen LogP contribution in [-0.2, 0) is 6.42 Å². The van der Waals surface area contributed by atoms with Crippen molar-refractivity contribution in [1.29, 1.82) is 0 Å². The van der Waals surface area contributed by atoms with E-state index in [0.717, 1.165) is 24.4 Å². The van der Waals surface area contributed by atoms with E-state index < -0.39 is 0 Å². The zero-order valence-corrected chi connectivity index (χ0v) is 11.2. The third kappa shape index (κ3) is 3.38. The quantitative estimate of drug-likeness (QED) is 0.819. The average molecular weight is 246 g/mol. The van der Waals surface area contributed by atoms with Gasteiger partial charge in [0, 0.05) is 10.9 Å². The molecule has 0 aliphatic rings. The third-order valence-electron chi connectivity index (χ3n) is 2.68. The van der Waals surface area contributed by atoms with Crippen LogP contribution in [0.2, 0.25) is 0 Å². The molecule has 0 aliphatic heterocycles. The van der Waals surface area contributed by atoms with Crippen LogP contribution < -0.4 is 5.32 Å². The van der Waals surface area contributed by atoms with Crippen molar-refractivity contribution < 1.29 is 0 Å². The monoisotopic (exact) mass is 246 g/mol. The van der Waals surface area contributed by atoms with Crippen LogP contribution in [0.3, 0.4) is 0 Å². The topological polar surface area (TPSA) is 24.9 Å². The fourth-order valence-corrected chi connectivity index (χ4v) is 2.63. The standard InChI is InChI=1S/C14H18N2S/c1-11-5-3-6-12(9-11)14-16-13(10-17-14)7-4-8-15-2/h3,5-6,9-10,15H,4,7-8H2,1-2H3. The molecule has 1 N–H and O–H groups in total. The smallest absolute Gasteiger partial charge is 0.123 e. The van der Waals surface area contributed by atoms with Gasteiger partial charge in [-0.3, -0.25) is 0 Å². The number of benzene rings is 1. The van der Waals surface area contributed by atoms with Crippen molar-refractivity contribution in [3.8, 4) is 10.6 Å². The van der Waals surface area contributed by atoms with E-state index in [1.165, 1.54) is 16.8 Å². The number of thiazole rings is 1. The summed E-state index contributed by atoms with van der Waals surface area (Å²) in [5.74, 6) is 0. The van der Waals surface area contributed by atoms with E-state index in [1.807, 2.05) is 7.05 Å². The fraction of sp³-hybridized carbons (Fsp3) is 0.357. The summed E-state index contributed by atoms with van der Waals surface area (Å²) >= 11 is 1.74. The maximum Gasteiger partial charge on any atom is 0.123 e. The minimum atomic E-state index is 1.05. The lowest BCUT2D eigenvalue weighted by Gasteiger charge is -1.98. The molecule has 1 aromatic carbocycles. The molecule has 2 aromatic rings. The second-order valence-electron chi connectivity index (χ2n) is 4.22. The summed E-state index contributed by atoms with van der Waals surface area (Å²) in [7, 11) is 1.99. The second-order valence-corrected chi connectivity index (χ2v) is 5.08. The van der Waals surface area contributed by atoms with Crippen LogP contribution in [0.1, 0.15) is 17.7 Å². The Bertz CT molecular complexity index is 477. The number of hydrogen-bond donors (Lipinski definition) is 1. The lowest BCUT2D eigenvalue weighted by Crippen LogP contribution is -2.08. The molecule has 17 heavy (non-hydrogen) atoms. The van der Waals surface area contributed by atoms with E-state index >= 15 is 0 Å². The Kier molecular flexibility index (Phi) is 4.29. The Hall–Kier alpha value is -1.19. The van der Waals surface area contributed by atoms with Crippen LogP contribution >= 0.6 is 11.3 Å². The first-order chi connectivity index (χ1) is 8.29. The number of rotatable bonds is 5. The van der Waals surface area contributed by atoms with E-state index in [2.05, 4.69) is 46.9 Å². The van der Waals surface area contributed by atoms with Crippen LogP contribution in [0.4, 0.5) is 0 Å². The van der Waals surface area contributed by atoms with Crippen LogP contribution in [-0.4, -0.2) is 18.6 Å². The van der Waals surface area contributed by atoms with Gasteiger partial charge in [0.2, 0.25) is 0 Å². The third-order valence-corrected chi connectivity index (χ3v) is 3.62.